The van der Waals surface area contributed by atoms with E-state index < -0.39 is 0 Å². The first-order valence-electron chi connectivity index (χ1n) is 20.6. The van der Waals surface area contributed by atoms with Crippen molar-refractivity contribution >= 4 is 229 Å². The van der Waals surface area contributed by atoms with Crippen LogP contribution in [0.25, 0.3) is 50.2 Å². The van der Waals surface area contributed by atoms with E-state index in [4.69, 9.17) is 19.7 Å². The molecule has 0 saturated carbocycles. The van der Waals surface area contributed by atoms with Crippen LogP contribution in [0.1, 0.15) is 17.3 Å². The Kier molecular flexibility index (Phi) is 9.85. The monoisotopic (exact) mass is 719 g/mol. The highest BCUT2D eigenvalue weighted by Gasteiger charge is 2.39. The Morgan fingerprint density at radius 3 is 1.37 bits per heavy atom. The summed E-state index contributed by atoms with van der Waals surface area (Å²) >= 11 is 0. The van der Waals surface area contributed by atoms with E-state index >= 15 is 0 Å². The molecule has 4 nitrogen and oxygen atoms in total. The molecule has 0 saturated heterocycles. The summed E-state index contributed by atoms with van der Waals surface area (Å²) in [5, 5.41) is 2.54. The highest BCUT2D eigenvalue weighted by molar-refractivity contribution is 6.73. The molecule has 8 rings (SSSR count). The standard InChI is InChI=1S/C37H41B16N3O/c38-19-13-14(16-22(41)29(48)33(52)30(49)23(16)42)20(39)27(46)21(40)15(13)17(24(43)28(19)47)36-54-35(9-5-3-7-11-12(9)8-4-1-2-6-10(8)57-11)55-37(56-36)18-25(44)31(50)34(53)32(51)26(18)45/h1-7,11-12H,38-53H2. The quantitative estimate of drug-likeness (QED) is 0.170. The number of hydrogen-bond donors (Lipinski definition) is 0. The molecule has 258 valence electrons. The number of nitrogens with zero attached hydrogens (tertiary/aromatic N) is 3. The van der Waals surface area contributed by atoms with E-state index in [2.05, 4.69) is 162 Å². The van der Waals surface area contributed by atoms with Gasteiger partial charge in [0, 0.05) is 22.3 Å². The third-order valence-corrected chi connectivity index (χ3v) is 14.8. The van der Waals surface area contributed by atoms with Gasteiger partial charge >= 0.3 is 0 Å². The Labute approximate surface area is 352 Å². The van der Waals surface area contributed by atoms with E-state index in [1.807, 2.05) is 6.07 Å². The second-order valence-corrected chi connectivity index (χ2v) is 17.2. The molecule has 1 aromatic heterocycles. The molecule has 2 aliphatic rings. The molecule has 0 amide bonds. The number of rotatable bonds is 4. The van der Waals surface area contributed by atoms with Gasteiger partial charge in [-0.2, -0.15) is 0 Å². The Morgan fingerprint density at radius 2 is 0.807 bits per heavy atom. The maximum absolute atomic E-state index is 6.52. The van der Waals surface area contributed by atoms with Crippen molar-refractivity contribution in [3.05, 3.63) is 53.9 Å². The lowest BCUT2D eigenvalue weighted by atomic mass is 9.56. The van der Waals surface area contributed by atoms with Crippen LogP contribution in [0, 0.1) is 0 Å². The second-order valence-electron chi connectivity index (χ2n) is 17.2. The van der Waals surface area contributed by atoms with Gasteiger partial charge in [0.05, 0.1) is 5.92 Å². The normalized spacial score (nSPS) is 15.6. The Morgan fingerprint density at radius 1 is 0.404 bits per heavy atom. The molecule has 20 heteroatoms. The van der Waals surface area contributed by atoms with Crippen LogP contribution in [0.3, 0.4) is 0 Å². The summed E-state index contributed by atoms with van der Waals surface area (Å²) in [6, 6.07) is 8.41. The van der Waals surface area contributed by atoms with Crippen LogP contribution in [-0.4, -0.2) is 147 Å². The van der Waals surface area contributed by atoms with Crippen molar-refractivity contribution in [3.63, 3.8) is 0 Å². The number of fused-ring (bicyclic) bond motifs is 4. The van der Waals surface area contributed by atoms with E-state index in [1.165, 1.54) is 115 Å². The van der Waals surface area contributed by atoms with Crippen LogP contribution in [-0.2, 0) is 0 Å². The first-order valence-corrected chi connectivity index (χ1v) is 20.6. The predicted molar refractivity (Wildman–Crippen MR) is 295 cm³/mol. The first kappa shape index (κ1) is 39.5. The largest absolute Gasteiger partial charge is 0.485 e. The molecule has 0 spiro atoms. The van der Waals surface area contributed by atoms with Crippen molar-refractivity contribution in [1.82, 2.24) is 15.0 Å². The zero-order valence-electron chi connectivity index (χ0n) is 36.9. The summed E-state index contributed by atoms with van der Waals surface area (Å²) in [7, 11) is 36.4. The van der Waals surface area contributed by atoms with Crippen molar-refractivity contribution in [3.8, 4) is 39.7 Å². The summed E-state index contributed by atoms with van der Waals surface area (Å²) in [6.45, 7) is 0. The van der Waals surface area contributed by atoms with Crippen molar-refractivity contribution in [2.45, 2.75) is 12.0 Å². The van der Waals surface area contributed by atoms with Gasteiger partial charge < -0.3 is 4.74 Å². The van der Waals surface area contributed by atoms with Crippen molar-refractivity contribution in [2.24, 2.45) is 0 Å². The Balaban J connectivity index is 1.53. The van der Waals surface area contributed by atoms with E-state index in [-0.39, 0.29) is 12.0 Å². The van der Waals surface area contributed by atoms with E-state index in [1.54, 1.807) is 0 Å². The minimum Gasteiger partial charge on any atom is -0.485 e. The van der Waals surface area contributed by atoms with Crippen LogP contribution < -0.4 is 92.1 Å². The fraction of sp³-hybridized carbons (Fsp3) is 0.0541. The van der Waals surface area contributed by atoms with Gasteiger partial charge in [0.25, 0.3) is 0 Å². The summed E-state index contributed by atoms with van der Waals surface area (Å²) in [6.07, 6.45) is 6.34. The van der Waals surface area contributed by atoms with E-state index in [9.17, 15) is 0 Å². The van der Waals surface area contributed by atoms with Gasteiger partial charge in [-0.3, -0.25) is 0 Å². The number of aromatic nitrogens is 3. The van der Waals surface area contributed by atoms with Gasteiger partial charge in [-0.25, -0.2) is 15.0 Å². The van der Waals surface area contributed by atoms with Crippen LogP contribution >= 0.6 is 0 Å². The maximum Gasteiger partial charge on any atom is 0.164 e. The second kappa shape index (κ2) is 14.2. The highest BCUT2D eigenvalue weighted by atomic mass is 16.5. The van der Waals surface area contributed by atoms with Crippen molar-refractivity contribution < 1.29 is 4.74 Å². The summed E-state index contributed by atoms with van der Waals surface area (Å²) in [5.41, 5.74) is 28.0. The average Bonchev–Trinajstić information content (AvgIpc) is 3.59. The Bertz CT molecular complexity index is 2820. The highest BCUT2D eigenvalue weighted by Crippen LogP contribution is 2.47. The van der Waals surface area contributed by atoms with Gasteiger partial charge in [-0.1, -0.05) is 79.5 Å². The number of benzene rings is 5. The van der Waals surface area contributed by atoms with Crippen LogP contribution in [0.4, 0.5) is 0 Å². The van der Waals surface area contributed by atoms with Crippen LogP contribution in [0.2, 0.25) is 0 Å². The molecular formula is C37H41B16N3O. The molecule has 0 bridgehead atoms. The third-order valence-electron chi connectivity index (χ3n) is 14.8. The number of allylic oxidation sites excluding steroid dienone is 2. The molecule has 5 aromatic carbocycles. The summed E-state index contributed by atoms with van der Waals surface area (Å²) < 4.78 is 6.52. The smallest absolute Gasteiger partial charge is 0.164 e. The molecule has 6 aromatic rings. The molecule has 2 atom stereocenters. The number of para-hydroxylation sites is 1. The molecule has 0 N–H and O–H groups in total. The first-order chi connectivity index (χ1) is 27.0. The number of hydrogen-bond acceptors (Lipinski definition) is 4. The van der Waals surface area contributed by atoms with Crippen molar-refractivity contribution in [1.29, 1.82) is 0 Å². The van der Waals surface area contributed by atoms with Crippen LogP contribution in [0.15, 0.2) is 42.5 Å². The zero-order valence-corrected chi connectivity index (χ0v) is 36.9. The Hall–Kier alpha value is -4.31. The van der Waals surface area contributed by atoms with Gasteiger partial charge in [-0.05, 0) is 34.0 Å². The maximum atomic E-state index is 6.52. The molecule has 1 aliphatic heterocycles. The lowest BCUT2D eigenvalue weighted by molar-refractivity contribution is 0.271. The summed E-state index contributed by atoms with van der Waals surface area (Å²) in [5.74, 6) is 3.05. The molecule has 1 aliphatic carbocycles. The molecular weight excluding hydrogens is 675 g/mol. The SMILES string of the molecule is Bc1c(B)c(B)c(-c2nc(C3=CC=CC4Oc5ccccc5C34)nc(-c3c(B)c(B)c(B)c4c(-c5c(B)c(B)c(B)c(B)c5B)c(B)c(B)c(B)c34)n2)c(B)c1B. The zero-order chi connectivity index (χ0) is 41.1. The molecule has 57 heavy (non-hydrogen) atoms. The molecule has 0 fully saturated rings. The fourth-order valence-corrected chi connectivity index (χ4v) is 10.0. The van der Waals surface area contributed by atoms with E-state index in [0.717, 1.165) is 34.1 Å². The van der Waals surface area contributed by atoms with Gasteiger partial charge in [-0.15, -0.1) is 38.2 Å². The molecule has 2 heterocycles. The molecule has 2 unspecified atom stereocenters. The lowest BCUT2D eigenvalue weighted by Crippen LogP contribution is -2.56. The summed E-state index contributed by atoms with van der Waals surface area (Å²) in [4.78, 5) is 16.6. The van der Waals surface area contributed by atoms with Gasteiger partial charge in [0.2, 0.25) is 0 Å². The average molecular weight is 717 g/mol. The fourth-order valence-electron chi connectivity index (χ4n) is 10.0. The lowest BCUT2D eigenvalue weighted by Gasteiger charge is -2.29. The number of ether oxygens (including phenoxy) is 1. The minimum absolute atomic E-state index is 0.0206. The van der Waals surface area contributed by atoms with Gasteiger partial charge in [0.1, 0.15) is 137 Å². The topological polar surface area (TPSA) is 47.9 Å². The van der Waals surface area contributed by atoms with E-state index in [0.29, 0.717) is 5.82 Å². The van der Waals surface area contributed by atoms with Crippen LogP contribution in [0.5, 0.6) is 5.75 Å². The van der Waals surface area contributed by atoms with Gasteiger partial charge in [0.15, 0.2) is 17.5 Å². The molecule has 0 radical (unpaired) electrons. The third kappa shape index (κ3) is 5.77. The predicted octanol–water partition coefficient (Wildman–Crippen LogP) is -19.3. The minimum atomic E-state index is -0.120. The van der Waals surface area contributed by atoms with Crippen molar-refractivity contribution in [2.75, 3.05) is 0 Å².